The van der Waals surface area contributed by atoms with Crippen LogP contribution in [0.3, 0.4) is 0 Å². The fraction of sp³-hybridized carbons (Fsp3) is 0.944. The van der Waals surface area contributed by atoms with Crippen molar-refractivity contribution in [1.82, 2.24) is 10.6 Å². The van der Waals surface area contributed by atoms with Gasteiger partial charge < -0.3 is 20.1 Å². The van der Waals surface area contributed by atoms with E-state index in [-0.39, 0.29) is 24.0 Å². The number of methoxy groups -OCH3 is 1. The molecule has 1 rings (SSSR count). The number of hydrogen-bond donors (Lipinski definition) is 2. The highest BCUT2D eigenvalue weighted by Crippen LogP contribution is 2.44. The summed E-state index contributed by atoms with van der Waals surface area (Å²) in [5.74, 6) is 0.935. The summed E-state index contributed by atoms with van der Waals surface area (Å²) in [7, 11) is 1.78. The van der Waals surface area contributed by atoms with Crippen molar-refractivity contribution in [1.29, 1.82) is 0 Å². The summed E-state index contributed by atoms with van der Waals surface area (Å²) < 4.78 is 10.8. The molecule has 0 atom stereocenters. The van der Waals surface area contributed by atoms with Crippen LogP contribution < -0.4 is 10.6 Å². The van der Waals surface area contributed by atoms with Gasteiger partial charge in [0, 0.05) is 46.6 Å². The number of hydrogen-bond acceptors (Lipinski definition) is 3. The van der Waals surface area contributed by atoms with E-state index >= 15 is 0 Å². The minimum atomic E-state index is 0. The number of unbranched alkanes of at least 4 members (excludes halogenated alkanes) is 1. The lowest BCUT2D eigenvalue weighted by Gasteiger charge is -2.40. The molecule has 0 amide bonds. The molecule has 0 aromatic rings. The number of nitrogens with one attached hydrogen (secondary N) is 2. The molecule has 24 heavy (non-hydrogen) atoms. The van der Waals surface area contributed by atoms with Gasteiger partial charge in [-0.2, -0.15) is 0 Å². The predicted octanol–water partition coefficient (Wildman–Crippen LogP) is 3.57. The smallest absolute Gasteiger partial charge is 0.191 e. The molecule has 0 radical (unpaired) electrons. The molecule has 0 aromatic heterocycles. The minimum absolute atomic E-state index is 0. The lowest BCUT2D eigenvalue weighted by Crippen LogP contribution is -2.40. The summed E-state index contributed by atoms with van der Waals surface area (Å²) in [5.41, 5.74) is 0.377. The number of aliphatic imine (C=N–C) groups is 1. The largest absolute Gasteiger partial charge is 0.385 e. The standard InChI is InChI=1S/C18H37N3O2.HI/c1-4-6-13-23-14-8-12-20-17(19-5-2)21-16-18(9-7-10-18)11-15-22-3;/h4-16H2,1-3H3,(H2,19,20,21);1H. The Hall–Kier alpha value is -0.0800. The molecule has 2 N–H and O–H groups in total. The average Bonchev–Trinajstić information content (AvgIpc) is 2.52. The van der Waals surface area contributed by atoms with Gasteiger partial charge in [-0.25, -0.2) is 0 Å². The Labute approximate surface area is 165 Å². The van der Waals surface area contributed by atoms with Crippen molar-refractivity contribution in [3.8, 4) is 0 Å². The Morgan fingerprint density at radius 2 is 1.83 bits per heavy atom. The van der Waals surface area contributed by atoms with Gasteiger partial charge in [-0.1, -0.05) is 19.8 Å². The van der Waals surface area contributed by atoms with E-state index in [0.29, 0.717) is 5.41 Å². The summed E-state index contributed by atoms with van der Waals surface area (Å²) in [5, 5.41) is 6.75. The summed E-state index contributed by atoms with van der Waals surface area (Å²) in [6.45, 7) is 9.54. The van der Waals surface area contributed by atoms with Gasteiger partial charge in [-0.05, 0) is 44.4 Å². The van der Waals surface area contributed by atoms with E-state index in [1.807, 2.05) is 0 Å². The average molecular weight is 455 g/mol. The highest BCUT2D eigenvalue weighted by Gasteiger charge is 2.36. The highest BCUT2D eigenvalue weighted by atomic mass is 127. The second kappa shape index (κ2) is 15.2. The molecule has 5 nitrogen and oxygen atoms in total. The van der Waals surface area contributed by atoms with Gasteiger partial charge >= 0.3 is 0 Å². The van der Waals surface area contributed by atoms with E-state index in [1.54, 1.807) is 7.11 Å². The fourth-order valence-electron chi connectivity index (χ4n) is 2.80. The van der Waals surface area contributed by atoms with Crippen molar-refractivity contribution in [2.24, 2.45) is 10.4 Å². The molecule has 0 bridgehead atoms. The molecule has 1 saturated carbocycles. The van der Waals surface area contributed by atoms with Crippen LogP contribution in [0.25, 0.3) is 0 Å². The molecule has 1 aliphatic carbocycles. The summed E-state index contributed by atoms with van der Waals surface area (Å²) >= 11 is 0. The molecule has 0 spiro atoms. The van der Waals surface area contributed by atoms with E-state index in [4.69, 9.17) is 14.5 Å². The first kappa shape index (κ1) is 23.9. The fourth-order valence-corrected chi connectivity index (χ4v) is 2.80. The Morgan fingerprint density at radius 3 is 2.42 bits per heavy atom. The Morgan fingerprint density at radius 1 is 1.08 bits per heavy atom. The van der Waals surface area contributed by atoms with E-state index in [2.05, 4.69) is 24.5 Å². The quantitative estimate of drug-likeness (QED) is 0.193. The second-order valence-corrected chi connectivity index (χ2v) is 6.54. The summed E-state index contributed by atoms with van der Waals surface area (Å²) in [6, 6.07) is 0. The van der Waals surface area contributed by atoms with E-state index in [1.165, 1.54) is 25.7 Å². The number of ether oxygens (including phenoxy) is 2. The molecular formula is C18H38IN3O2. The second-order valence-electron chi connectivity index (χ2n) is 6.54. The minimum Gasteiger partial charge on any atom is -0.385 e. The highest BCUT2D eigenvalue weighted by molar-refractivity contribution is 14.0. The van der Waals surface area contributed by atoms with Gasteiger partial charge in [0.1, 0.15) is 0 Å². The molecule has 144 valence electrons. The van der Waals surface area contributed by atoms with Gasteiger partial charge in [0.25, 0.3) is 0 Å². The molecule has 0 heterocycles. The van der Waals surface area contributed by atoms with Crippen LogP contribution in [-0.2, 0) is 9.47 Å². The summed E-state index contributed by atoms with van der Waals surface area (Å²) in [4.78, 5) is 4.81. The maximum Gasteiger partial charge on any atom is 0.191 e. The predicted molar refractivity (Wildman–Crippen MR) is 113 cm³/mol. The molecule has 0 saturated heterocycles. The zero-order valence-corrected chi connectivity index (χ0v) is 18.2. The third kappa shape index (κ3) is 10.0. The Kier molecular flexibility index (Phi) is 15.1. The molecule has 0 unspecified atom stereocenters. The first-order valence-corrected chi connectivity index (χ1v) is 9.35. The monoisotopic (exact) mass is 455 g/mol. The van der Waals surface area contributed by atoms with E-state index in [9.17, 15) is 0 Å². The molecule has 6 heteroatoms. The van der Waals surface area contributed by atoms with Crippen LogP contribution in [0.15, 0.2) is 4.99 Å². The van der Waals surface area contributed by atoms with Gasteiger partial charge in [-0.15, -0.1) is 24.0 Å². The van der Waals surface area contributed by atoms with Crippen molar-refractivity contribution < 1.29 is 9.47 Å². The van der Waals surface area contributed by atoms with E-state index < -0.39 is 0 Å². The zero-order chi connectivity index (χ0) is 16.8. The van der Waals surface area contributed by atoms with Gasteiger partial charge in [0.2, 0.25) is 0 Å². The molecule has 1 fully saturated rings. The first-order valence-electron chi connectivity index (χ1n) is 9.35. The van der Waals surface area contributed by atoms with Crippen molar-refractivity contribution in [2.45, 2.75) is 58.8 Å². The topological polar surface area (TPSA) is 54.9 Å². The van der Waals surface area contributed by atoms with E-state index in [0.717, 1.165) is 64.7 Å². The van der Waals surface area contributed by atoms with Crippen LogP contribution in [0.4, 0.5) is 0 Å². The van der Waals surface area contributed by atoms with Crippen molar-refractivity contribution in [2.75, 3.05) is 46.6 Å². The number of guanidine groups is 1. The Bertz CT molecular complexity index is 323. The summed E-state index contributed by atoms with van der Waals surface area (Å²) in [6.07, 6.45) is 8.38. The Balaban J connectivity index is 0.00000529. The van der Waals surface area contributed by atoms with Crippen molar-refractivity contribution in [3.05, 3.63) is 0 Å². The van der Waals surface area contributed by atoms with Crippen LogP contribution in [-0.4, -0.2) is 52.5 Å². The van der Waals surface area contributed by atoms with Gasteiger partial charge in [0.05, 0.1) is 0 Å². The zero-order valence-electron chi connectivity index (χ0n) is 15.9. The maximum atomic E-state index is 5.59. The SMILES string of the molecule is CCCCOCCCNC(=NCC1(CCOC)CCC1)NCC.I. The third-order valence-electron chi connectivity index (χ3n) is 4.57. The lowest BCUT2D eigenvalue weighted by atomic mass is 9.67. The normalized spacial score (nSPS) is 16.2. The first-order chi connectivity index (χ1) is 11.3. The molecular weight excluding hydrogens is 417 g/mol. The lowest BCUT2D eigenvalue weighted by molar-refractivity contribution is 0.0778. The van der Waals surface area contributed by atoms with Gasteiger partial charge in [-0.3, -0.25) is 4.99 Å². The van der Waals surface area contributed by atoms with Crippen LogP contribution in [0.5, 0.6) is 0 Å². The number of rotatable bonds is 13. The van der Waals surface area contributed by atoms with Crippen molar-refractivity contribution in [3.63, 3.8) is 0 Å². The van der Waals surface area contributed by atoms with Crippen LogP contribution in [0.1, 0.15) is 58.8 Å². The maximum absolute atomic E-state index is 5.59. The van der Waals surface area contributed by atoms with Crippen LogP contribution in [0.2, 0.25) is 0 Å². The molecule has 0 aliphatic heterocycles. The molecule has 1 aliphatic rings. The van der Waals surface area contributed by atoms with Crippen molar-refractivity contribution >= 4 is 29.9 Å². The van der Waals surface area contributed by atoms with Gasteiger partial charge in [0.15, 0.2) is 5.96 Å². The third-order valence-corrected chi connectivity index (χ3v) is 4.57. The van der Waals surface area contributed by atoms with Crippen LogP contribution >= 0.6 is 24.0 Å². The number of nitrogens with zero attached hydrogens (tertiary/aromatic N) is 1. The number of halogens is 1. The van der Waals surface area contributed by atoms with Crippen LogP contribution in [0, 0.1) is 5.41 Å². The molecule has 0 aromatic carbocycles.